The largest absolute Gasteiger partial charge is 0.493 e. The van der Waals surface area contributed by atoms with Crippen molar-refractivity contribution in [1.29, 1.82) is 0 Å². The summed E-state index contributed by atoms with van der Waals surface area (Å²) in [7, 11) is 4.59. The monoisotopic (exact) mass is 255 g/mol. The lowest BCUT2D eigenvalue weighted by atomic mass is 9.99. The molecule has 2 unspecified atom stereocenters. The van der Waals surface area contributed by atoms with Crippen molar-refractivity contribution < 1.29 is 19.3 Å². The molecule has 18 heavy (non-hydrogen) atoms. The van der Waals surface area contributed by atoms with E-state index in [1.54, 1.807) is 19.2 Å². The van der Waals surface area contributed by atoms with Gasteiger partial charge in [0.1, 0.15) is 0 Å². The predicted molar refractivity (Wildman–Crippen MR) is 69.3 cm³/mol. The molecule has 0 spiro atoms. The Morgan fingerprint density at radius 2 is 1.72 bits per heavy atom. The minimum Gasteiger partial charge on any atom is -0.493 e. The summed E-state index contributed by atoms with van der Waals surface area (Å²) in [6, 6.07) is 3.11. The fraction of sp³-hybridized carbons (Fsp3) is 0.538. The van der Waals surface area contributed by atoms with Crippen molar-refractivity contribution in [3.05, 3.63) is 17.7 Å². The first-order valence-corrected chi connectivity index (χ1v) is 5.83. The standard InChI is InChI=1S/C13H21NO4/c1-5-9(14)11(15)8-6-7-10(16-2)13(18-4)12(8)17-3/h6-7,9,11,15H,5,14H2,1-4H3. The molecule has 5 heteroatoms. The number of nitrogens with two attached hydrogens (primary N) is 1. The van der Waals surface area contributed by atoms with Crippen molar-refractivity contribution in [3.63, 3.8) is 0 Å². The lowest BCUT2D eigenvalue weighted by Gasteiger charge is -2.22. The van der Waals surface area contributed by atoms with Crippen molar-refractivity contribution in [2.45, 2.75) is 25.5 Å². The average molecular weight is 255 g/mol. The second-order valence-electron chi connectivity index (χ2n) is 3.94. The molecule has 0 aliphatic carbocycles. The first kappa shape index (κ1) is 14.6. The van der Waals surface area contributed by atoms with E-state index in [-0.39, 0.29) is 6.04 Å². The highest BCUT2D eigenvalue weighted by Crippen LogP contribution is 2.42. The molecule has 0 radical (unpaired) electrons. The van der Waals surface area contributed by atoms with Crippen LogP contribution in [0.1, 0.15) is 25.0 Å². The zero-order valence-electron chi connectivity index (χ0n) is 11.3. The Balaban J connectivity index is 3.28. The van der Waals surface area contributed by atoms with Crippen LogP contribution in [0.4, 0.5) is 0 Å². The smallest absolute Gasteiger partial charge is 0.203 e. The van der Waals surface area contributed by atoms with E-state index in [1.807, 2.05) is 6.92 Å². The van der Waals surface area contributed by atoms with Gasteiger partial charge >= 0.3 is 0 Å². The van der Waals surface area contributed by atoms with E-state index in [4.69, 9.17) is 19.9 Å². The molecule has 0 heterocycles. The van der Waals surface area contributed by atoms with Gasteiger partial charge in [-0.3, -0.25) is 0 Å². The highest BCUT2D eigenvalue weighted by Gasteiger charge is 2.24. The maximum Gasteiger partial charge on any atom is 0.203 e. The summed E-state index contributed by atoms with van der Waals surface area (Å²) in [5, 5.41) is 10.2. The summed E-state index contributed by atoms with van der Waals surface area (Å²) in [6.45, 7) is 1.92. The quantitative estimate of drug-likeness (QED) is 0.805. The summed E-state index contributed by atoms with van der Waals surface area (Å²) >= 11 is 0. The number of methoxy groups -OCH3 is 3. The van der Waals surface area contributed by atoms with Crippen LogP contribution in [0, 0.1) is 0 Å². The van der Waals surface area contributed by atoms with Crippen LogP contribution in [-0.2, 0) is 0 Å². The fourth-order valence-electron chi connectivity index (χ4n) is 1.81. The molecule has 2 atom stereocenters. The molecule has 0 saturated carbocycles. The lowest BCUT2D eigenvalue weighted by Crippen LogP contribution is -2.27. The van der Waals surface area contributed by atoms with Gasteiger partial charge in [0.15, 0.2) is 11.5 Å². The molecule has 0 aromatic heterocycles. The van der Waals surface area contributed by atoms with Crippen LogP contribution >= 0.6 is 0 Å². The molecule has 0 bridgehead atoms. The zero-order valence-corrected chi connectivity index (χ0v) is 11.3. The molecule has 0 aliphatic heterocycles. The van der Waals surface area contributed by atoms with Gasteiger partial charge in [0.05, 0.1) is 27.4 Å². The lowest BCUT2D eigenvalue weighted by molar-refractivity contribution is 0.140. The minimum absolute atomic E-state index is 0.350. The number of aliphatic hydroxyl groups is 1. The molecule has 5 nitrogen and oxygen atoms in total. The molecule has 0 fully saturated rings. The van der Waals surface area contributed by atoms with Crippen LogP contribution in [0.15, 0.2) is 12.1 Å². The van der Waals surface area contributed by atoms with E-state index < -0.39 is 6.10 Å². The Hall–Kier alpha value is -1.46. The van der Waals surface area contributed by atoms with E-state index in [2.05, 4.69) is 0 Å². The number of hydrogen-bond donors (Lipinski definition) is 2. The fourth-order valence-corrected chi connectivity index (χ4v) is 1.81. The predicted octanol–water partition coefficient (Wildman–Crippen LogP) is 1.48. The van der Waals surface area contributed by atoms with Gasteiger partial charge in [0, 0.05) is 11.6 Å². The van der Waals surface area contributed by atoms with Crippen molar-refractivity contribution in [2.75, 3.05) is 21.3 Å². The summed E-state index contributed by atoms with van der Waals surface area (Å²) < 4.78 is 15.7. The molecule has 1 rings (SSSR count). The van der Waals surface area contributed by atoms with E-state index >= 15 is 0 Å². The molecule has 1 aromatic rings. The van der Waals surface area contributed by atoms with E-state index in [9.17, 15) is 5.11 Å². The second-order valence-corrected chi connectivity index (χ2v) is 3.94. The van der Waals surface area contributed by atoms with Gasteiger partial charge in [-0.25, -0.2) is 0 Å². The van der Waals surface area contributed by atoms with Gasteiger partial charge in [-0.1, -0.05) is 6.92 Å². The number of ether oxygens (including phenoxy) is 3. The van der Waals surface area contributed by atoms with Crippen molar-refractivity contribution in [2.24, 2.45) is 5.73 Å². The Morgan fingerprint density at radius 3 is 2.17 bits per heavy atom. The molecule has 102 valence electrons. The first-order valence-electron chi connectivity index (χ1n) is 5.83. The van der Waals surface area contributed by atoms with Crippen LogP contribution in [0.5, 0.6) is 17.2 Å². The number of rotatable bonds is 6. The normalized spacial score (nSPS) is 13.9. The third-order valence-corrected chi connectivity index (χ3v) is 2.93. The van der Waals surface area contributed by atoms with Gasteiger partial charge in [0.25, 0.3) is 0 Å². The highest BCUT2D eigenvalue weighted by atomic mass is 16.5. The number of benzene rings is 1. The molecular formula is C13H21NO4. The van der Waals surface area contributed by atoms with Crippen molar-refractivity contribution in [1.82, 2.24) is 0 Å². The minimum atomic E-state index is -0.801. The molecular weight excluding hydrogens is 234 g/mol. The Labute approximate surface area is 107 Å². The Bertz CT molecular complexity index is 395. The number of aliphatic hydroxyl groups excluding tert-OH is 1. The maximum absolute atomic E-state index is 10.2. The second kappa shape index (κ2) is 6.47. The Morgan fingerprint density at radius 1 is 1.11 bits per heavy atom. The molecule has 1 aromatic carbocycles. The molecule has 0 aliphatic rings. The van der Waals surface area contributed by atoms with Crippen LogP contribution in [0.3, 0.4) is 0 Å². The summed E-state index contributed by atoms with van der Waals surface area (Å²) in [4.78, 5) is 0. The van der Waals surface area contributed by atoms with Crippen LogP contribution in [-0.4, -0.2) is 32.5 Å². The zero-order chi connectivity index (χ0) is 13.7. The van der Waals surface area contributed by atoms with Gasteiger partial charge < -0.3 is 25.1 Å². The van der Waals surface area contributed by atoms with Gasteiger partial charge in [0.2, 0.25) is 5.75 Å². The van der Waals surface area contributed by atoms with Crippen molar-refractivity contribution >= 4 is 0 Å². The molecule has 0 saturated heterocycles. The van der Waals surface area contributed by atoms with E-state index in [0.29, 0.717) is 29.2 Å². The summed E-state index contributed by atoms with van der Waals surface area (Å²) in [5.74, 6) is 1.46. The first-order chi connectivity index (χ1) is 8.60. The van der Waals surface area contributed by atoms with Crippen LogP contribution < -0.4 is 19.9 Å². The van der Waals surface area contributed by atoms with Gasteiger partial charge in [-0.15, -0.1) is 0 Å². The molecule has 0 amide bonds. The molecule has 3 N–H and O–H groups in total. The third-order valence-electron chi connectivity index (χ3n) is 2.93. The Kier molecular flexibility index (Phi) is 5.25. The van der Waals surface area contributed by atoms with Gasteiger partial charge in [-0.2, -0.15) is 0 Å². The number of hydrogen-bond acceptors (Lipinski definition) is 5. The van der Waals surface area contributed by atoms with Crippen LogP contribution in [0.25, 0.3) is 0 Å². The summed E-state index contributed by atoms with van der Waals surface area (Å²) in [6.07, 6.45) is -0.136. The average Bonchev–Trinajstić information content (AvgIpc) is 2.43. The van der Waals surface area contributed by atoms with E-state index in [1.165, 1.54) is 14.2 Å². The van der Waals surface area contributed by atoms with Crippen LogP contribution in [0.2, 0.25) is 0 Å². The van der Waals surface area contributed by atoms with Crippen molar-refractivity contribution in [3.8, 4) is 17.2 Å². The summed E-state index contributed by atoms with van der Waals surface area (Å²) in [5.41, 5.74) is 6.46. The SMILES string of the molecule is CCC(N)C(O)c1ccc(OC)c(OC)c1OC. The van der Waals surface area contributed by atoms with Gasteiger partial charge in [-0.05, 0) is 18.6 Å². The topological polar surface area (TPSA) is 73.9 Å². The third kappa shape index (κ3) is 2.68. The van der Waals surface area contributed by atoms with E-state index in [0.717, 1.165) is 0 Å². The highest BCUT2D eigenvalue weighted by molar-refractivity contribution is 5.56. The maximum atomic E-state index is 10.2.